The van der Waals surface area contributed by atoms with Gasteiger partial charge in [-0.1, -0.05) is 54.1 Å². The van der Waals surface area contributed by atoms with E-state index in [4.69, 9.17) is 4.74 Å². The Kier molecular flexibility index (Phi) is 6.38. The highest BCUT2D eigenvalue weighted by Gasteiger charge is 2.02. The van der Waals surface area contributed by atoms with Crippen molar-refractivity contribution in [2.24, 2.45) is 0 Å². The summed E-state index contributed by atoms with van der Waals surface area (Å²) in [7, 11) is 1.61. The Morgan fingerprint density at radius 1 is 1.00 bits per heavy atom. The van der Waals surface area contributed by atoms with Crippen molar-refractivity contribution in [1.29, 1.82) is 0 Å². The molecule has 2 aromatic rings. The quantitative estimate of drug-likeness (QED) is 0.634. The highest BCUT2D eigenvalue weighted by atomic mass is 16.5. The molecular weight excluding hydrogens is 298 g/mol. The summed E-state index contributed by atoms with van der Waals surface area (Å²) < 4.78 is 5.90. The van der Waals surface area contributed by atoms with Crippen molar-refractivity contribution in [3.63, 3.8) is 0 Å². The van der Waals surface area contributed by atoms with Gasteiger partial charge in [-0.3, -0.25) is 4.79 Å². The number of hydrogen-bond donors (Lipinski definition) is 1. The van der Waals surface area contributed by atoms with E-state index in [0.717, 1.165) is 16.9 Å². The molecular formula is C21H23NO2. The van der Waals surface area contributed by atoms with Gasteiger partial charge in [0.1, 0.15) is 11.9 Å². The molecule has 2 aromatic carbocycles. The molecule has 3 heteroatoms. The first-order valence-corrected chi connectivity index (χ1v) is 7.99. The summed E-state index contributed by atoms with van der Waals surface area (Å²) in [6, 6.07) is 18.3. The molecule has 0 fully saturated rings. The summed E-state index contributed by atoms with van der Waals surface area (Å²) >= 11 is 0. The first kappa shape index (κ1) is 17.5. The number of allylic oxidation sites excluding steroid dienone is 2. The number of ether oxygens (including phenoxy) is 1. The zero-order valence-electron chi connectivity index (χ0n) is 14.3. The smallest absolute Gasteiger partial charge is 0.243 e. The van der Waals surface area contributed by atoms with Gasteiger partial charge in [-0.15, -0.1) is 0 Å². The highest BCUT2D eigenvalue weighted by molar-refractivity contribution is 5.87. The van der Waals surface area contributed by atoms with E-state index in [1.807, 2.05) is 50.3 Å². The minimum absolute atomic E-state index is 0.0816. The van der Waals surface area contributed by atoms with Crippen molar-refractivity contribution in [2.45, 2.75) is 20.0 Å². The summed E-state index contributed by atoms with van der Waals surface area (Å²) in [5.41, 5.74) is 3.33. The van der Waals surface area contributed by atoms with Gasteiger partial charge >= 0.3 is 0 Å². The Bertz CT molecular complexity index is 715. The molecule has 2 rings (SSSR count). The Labute approximate surface area is 143 Å². The van der Waals surface area contributed by atoms with Crippen LogP contribution >= 0.6 is 0 Å². The van der Waals surface area contributed by atoms with E-state index in [1.165, 1.54) is 11.6 Å². The highest BCUT2D eigenvalue weighted by Crippen LogP contribution is 2.22. The van der Waals surface area contributed by atoms with Gasteiger partial charge in [0, 0.05) is 13.1 Å². The molecule has 1 amide bonds. The van der Waals surface area contributed by atoms with Crippen LogP contribution in [0.15, 0.2) is 78.4 Å². The topological polar surface area (TPSA) is 38.3 Å². The van der Waals surface area contributed by atoms with Crippen molar-refractivity contribution in [3.8, 4) is 16.9 Å². The van der Waals surface area contributed by atoms with E-state index in [2.05, 4.69) is 29.6 Å². The largest absolute Gasteiger partial charge is 0.487 e. The maximum atomic E-state index is 11.2. The molecule has 0 bridgehead atoms. The number of benzene rings is 2. The van der Waals surface area contributed by atoms with Crippen LogP contribution in [-0.4, -0.2) is 19.1 Å². The fraction of sp³-hybridized carbons (Fsp3) is 0.190. The van der Waals surface area contributed by atoms with Crippen LogP contribution in [0.25, 0.3) is 11.1 Å². The van der Waals surface area contributed by atoms with Crippen molar-refractivity contribution in [2.75, 3.05) is 7.05 Å². The van der Waals surface area contributed by atoms with Gasteiger partial charge in [0.05, 0.1) is 0 Å². The third-order valence-electron chi connectivity index (χ3n) is 3.53. The van der Waals surface area contributed by atoms with Crippen LogP contribution in [0.3, 0.4) is 0 Å². The van der Waals surface area contributed by atoms with Gasteiger partial charge in [0.15, 0.2) is 0 Å². The molecule has 3 nitrogen and oxygen atoms in total. The second-order valence-corrected chi connectivity index (χ2v) is 5.57. The number of carbonyl (C=O) groups is 1. The zero-order chi connectivity index (χ0) is 17.4. The first-order valence-electron chi connectivity index (χ1n) is 7.99. The molecule has 1 atom stereocenters. The molecule has 0 spiro atoms. The van der Waals surface area contributed by atoms with Crippen LogP contribution in [0, 0.1) is 0 Å². The molecule has 0 radical (unpaired) electrons. The fourth-order valence-electron chi connectivity index (χ4n) is 2.32. The molecule has 0 saturated carbocycles. The lowest BCUT2D eigenvalue weighted by Gasteiger charge is -2.12. The lowest BCUT2D eigenvalue weighted by atomic mass is 10.1. The van der Waals surface area contributed by atoms with Crippen LogP contribution in [-0.2, 0) is 4.79 Å². The molecule has 0 aliphatic heterocycles. The van der Waals surface area contributed by atoms with Gasteiger partial charge in [-0.05, 0) is 43.2 Å². The Balaban J connectivity index is 1.98. The molecule has 0 aromatic heterocycles. The van der Waals surface area contributed by atoms with E-state index in [9.17, 15) is 4.79 Å². The van der Waals surface area contributed by atoms with Gasteiger partial charge in [-0.2, -0.15) is 0 Å². The second kappa shape index (κ2) is 8.73. The molecule has 1 N–H and O–H groups in total. The second-order valence-electron chi connectivity index (χ2n) is 5.57. The van der Waals surface area contributed by atoms with E-state index in [-0.39, 0.29) is 12.0 Å². The van der Waals surface area contributed by atoms with Crippen LogP contribution < -0.4 is 10.1 Å². The standard InChI is InChI=1S/C21H23NO2/c1-16(9-14-21(23)22-3)15-17(2)24-20-12-10-19(11-13-20)18-7-5-4-6-8-18/h4-15,17H,1-3H3,(H,22,23)/b14-9+,16-15+/t17-/m1/s1. The molecule has 0 saturated heterocycles. The van der Waals surface area contributed by atoms with Gasteiger partial charge in [0.25, 0.3) is 0 Å². The third-order valence-corrected chi connectivity index (χ3v) is 3.53. The van der Waals surface area contributed by atoms with E-state index in [0.29, 0.717) is 0 Å². The first-order chi connectivity index (χ1) is 11.6. The maximum Gasteiger partial charge on any atom is 0.243 e. The van der Waals surface area contributed by atoms with Gasteiger partial charge in [-0.25, -0.2) is 0 Å². The van der Waals surface area contributed by atoms with Crippen molar-refractivity contribution < 1.29 is 9.53 Å². The van der Waals surface area contributed by atoms with Crippen LogP contribution in [0.5, 0.6) is 5.75 Å². The van der Waals surface area contributed by atoms with Gasteiger partial charge in [0.2, 0.25) is 5.91 Å². The van der Waals surface area contributed by atoms with E-state index in [1.54, 1.807) is 13.1 Å². The summed E-state index contributed by atoms with van der Waals surface area (Å²) in [5.74, 6) is 0.703. The summed E-state index contributed by atoms with van der Waals surface area (Å²) in [5, 5.41) is 2.55. The molecule has 0 aliphatic rings. The minimum atomic E-state index is -0.118. The monoisotopic (exact) mass is 321 g/mol. The summed E-state index contributed by atoms with van der Waals surface area (Å²) in [4.78, 5) is 11.2. The molecule has 0 unspecified atom stereocenters. The Morgan fingerprint density at radius 2 is 1.62 bits per heavy atom. The van der Waals surface area contributed by atoms with E-state index < -0.39 is 0 Å². The van der Waals surface area contributed by atoms with Crippen molar-refractivity contribution in [1.82, 2.24) is 5.32 Å². The molecule has 0 aliphatic carbocycles. The normalized spacial score (nSPS) is 12.9. The fourth-order valence-corrected chi connectivity index (χ4v) is 2.32. The molecule has 24 heavy (non-hydrogen) atoms. The maximum absolute atomic E-state index is 11.2. The lowest BCUT2D eigenvalue weighted by Crippen LogP contribution is -2.14. The molecule has 124 valence electrons. The SMILES string of the molecule is CNC(=O)/C=C/C(C)=C/[C@@H](C)Oc1ccc(-c2ccccc2)cc1. The molecule has 0 heterocycles. The number of rotatable bonds is 6. The van der Waals surface area contributed by atoms with Crippen molar-refractivity contribution >= 4 is 5.91 Å². The third kappa shape index (κ3) is 5.43. The predicted molar refractivity (Wildman–Crippen MR) is 98.9 cm³/mol. The number of hydrogen-bond acceptors (Lipinski definition) is 2. The zero-order valence-corrected chi connectivity index (χ0v) is 14.3. The van der Waals surface area contributed by atoms with Crippen LogP contribution in [0.2, 0.25) is 0 Å². The number of carbonyl (C=O) groups excluding carboxylic acids is 1. The van der Waals surface area contributed by atoms with Crippen molar-refractivity contribution in [3.05, 3.63) is 78.4 Å². The van der Waals surface area contributed by atoms with E-state index >= 15 is 0 Å². The van der Waals surface area contributed by atoms with Gasteiger partial charge < -0.3 is 10.1 Å². The lowest BCUT2D eigenvalue weighted by molar-refractivity contribution is -0.116. The Hall–Kier alpha value is -2.81. The minimum Gasteiger partial charge on any atom is -0.487 e. The number of amides is 1. The summed E-state index contributed by atoms with van der Waals surface area (Å²) in [6.07, 6.45) is 5.18. The Morgan fingerprint density at radius 3 is 2.25 bits per heavy atom. The average Bonchev–Trinajstić information content (AvgIpc) is 2.61. The number of likely N-dealkylation sites (N-methyl/N-ethyl adjacent to an activating group) is 1. The average molecular weight is 321 g/mol. The number of nitrogens with one attached hydrogen (secondary N) is 1. The van der Waals surface area contributed by atoms with Crippen LogP contribution in [0.4, 0.5) is 0 Å². The van der Waals surface area contributed by atoms with Crippen LogP contribution in [0.1, 0.15) is 13.8 Å². The predicted octanol–water partition coefficient (Wildman–Crippen LogP) is 4.37. The summed E-state index contributed by atoms with van der Waals surface area (Å²) in [6.45, 7) is 3.92.